The summed E-state index contributed by atoms with van der Waals surface area (Å²) in [6.45, 7) is 1.87. The van der Waals surface area contributed by atoms with Crippen molar-refractivity contribution >= 4 is 11.8 Å². The van der Waals surface area contributed by atoms with Crippen molar-refractivity contribution in [1.29, 1.82) is 0 Å². The van der Waals surface area contributed by atoms with Crippen LogP contribution in [0.2, 0.25) is 0 Å². The average molecular weight is 165 g/mol. The number of allylic oxidation sites excluding steroid dienone is 3. The quantitative estimate of drug-likeness (QED) is 0.623. The van der Waals surface area contributed by atoms with Crippen molar-refractivity contribution in [1.82, 2.24) is 0 Å². The molecule has 0 amide bonds. The van der Waals surface area contributed by atoms with Gasteiger partial charge in [0.05, 0.1) is 0 Å². The van der Waals surface area contributed by atoms with E-state index in [9.17, 15) is 9.59 Å². The molecule has 0 bridgehead atoms. The predicted octanol–water partition coefficient (Wildman–Crippen LogP) is 1.11. The monoisotopic (exact) mass is 165 g/mol. The molecule has 0 saturated heterocycles. The lowest BCUT2D eigenvalue weighted by Gasteiger charge is -2.06. The molecule has 0 heterocycles. The predicted molar refractivity (Wildman–Crippen MR) is 42.4 cm³/mol. The maximum absolute atomic E-state index is 10.9. The van der Waals surface area contributed by atoms with Crippen LogP contribution in [-0.2, 0) is 9.59 Å². The Labute approximate surface area is 70.4 Å². The van der Waals surface area contributed by atoms with Crippen LogP contribution in [0.25, 0.3) is 0 Å². The number of hydrogen-bond donors (Lipinski definition) is 1. The van der Waals surface area contributed by atoms with Gasteiger partial charge in [0.15, 0.2) is 0 Å². The van der Waals surface area contributed by atoms with Gasteiger partial charge in [-0.05, 0) is 25.8 Å². The van der Waals surface area contributed by atoms with Crippen LogP contribution in [-0.4, -0.2) is 16.9 Å². The van der Waals surface area contributed by atoms with E-state index in [4.69, 9.17) is 5.11 Å². The van der Waals surface area contributed by atoms with Gasteiger partial charge in [-0.15, -0.1) is 0 Å². The minimum atomic E-state index is -1.41. The Kier molecular flexibility index (Phi) is 2.43. The summed E-state index contributed by atoms with van der Waals surface area (Å²) in [5.74, 6) is -2.28. The molecule has 3 heteroatoms. The van der Waals surface area contributed by atoms with Crippen molar-refractivity contribution in [2.75, 3.05) is 0 Å². The van der Waals surface area contributed by atoms with Crippen LogP contribution < -0.4 is 0 Å². The molecule has 0 spiro atoms. The highest BCUT2D eigenvalue weighted by Crippen LogP contribution is 2.16. The molecule has 1 aliphatic carbocycles. The van der Waals surface area contributed by atoms with E-state index in [1.54, 1.807) is 6.08 Å². The van der Waals surface area contributed by atoms with E-state index in [0.717, 1.165) is 12.0 Å². The Morgan fingerprint density at radius 1 is 1.58 bits per heavy atom. The fourth-order valence-corrected chi connectivity index (χ4v) is 1.02. The number of carbonyl (C=O) groups excluding carboxylic acids is 1. The zero-order chi connectivity index (χ0) is 9.14. The van der Waals surface area contributed by atoms with Crippen LogP contribution in [0.1, 0.15) is 19.8 Å². The minimum absolute atomic E-state index is 0.186. The van der Waals surface area contributed by atoms with Gasteiger partial charge in [0.1, 0.15) is 0 Å². The van der Waals surface area contributed by atoms with Gasteiger partial charge in [0, 0.05) is 5.57 Å². The number of carbonyl (C=O) groups is 2. The van der Waals surface area contributed by atoms with Crippen molar-refractivity contribution in [3.05, 3.63) is 23.3 Å². The molecule has 0 aromatic heterocycles. The Morgan fingerprint density at radius 3 is 2.75 bits per heavy atom. The Morgan fingerprint density at radius 2 is 2.25 bits per heavy atom. The molecule has 1 aliphatic rings. The summed E-state index contributed by atoms with van der Waals surface area (Å²) >= 11 is 0. The lowest BCUT2D eigenvalue weighted by atomic mass is 9.98. The van der Waals surface area contributed by atoms with Gasteiger partial charge < -0.3 is 5.11 Å². The SMILES string of the molecule is CC1=CC(C(=O)C(=O)O)=[C]CC1. The lowest BCUT2D eigenvalue weighted by molar-refractivity contribution is -0.147. The van der Waals surface area contributed by atoms with E-state index >= 15 is 0 Å². The Bertz CT molecular complexity index is 284. The maximum Gasteiger partial charge on any atom is 0.377 e. The standard InChI is InChI=1S/C9H9O3/c1-6-3-2-4-7(5-6)8(10)9(11)12/h5H,2-3H2,1H3,(H,11,12). The van der Waals surface area contributed by atoms with E-state index < -0.39 is 11.8 Å². The summed E-state index contributed by atoms with van der Waals surface area (Å²) in [7, 11) is 0. The molecule has 0 unspecified atom stereocenters. The molecular weight excluding hydrogens is 156 g/mol. The van der Waals surface area contributed by atoms with Crippen LogP contribution in [0.4, 0.5) is 0 Å². The number of carboxylic acid groups (broad SMARTS) is 1. The first kappa shape index (κ1) is 8.71. The normalized spacial score (nSPS) is 16.4. The van der Waals surface area contributed by atoms with Gasteiger partial charge in [0.25, 0.3) is 5.78 Å². The second kappa shape index (κ2) is 3.34. The van der Waals surface area contributed by atoms with E-state index in [1.165, 1.54) is 0 Å². The summed E-state index contributed by atoms with van der Waals surface area (Å²) in [6.07, 6.45) is 5.82. The Balaban J connectivity index is 2.83. The Hall–Kier alpha value is -1.38. The van der Waals surface area contributed by atoms with Crippen LogP contribution in [0.5, 0.6) is 0 Å². The third kappa shape index (κ3) is 1.81. The summed E-state index contributed by atoms with van der Waals surface area (Å²) in [5, 5.41) is 8.38. The van der Waals surface area contributed by atoms with E-state index in [0.29, 0.717) is 6.42 Å². The highest BCUT2D eigenvalue weighted by atomic mass is 16.4. The topological polar surface area (TPSA) is 54.4 Å². The smallest absolute Gasteiger partial charge is 0.377 e. The zero-order valence-electron chi connectivity index (χ0n) is 6.76. The first-order valence-electron chi connectivity index (χ1n) is 3.67. The molecule has 0 fully saturated rings. The molecule has 0 aromatic carbocycles. The number of carboxylic acids is 1. The minimum Gasteiger partial charge on any atom is -0.475 e. The molecule has 0 aliphatic heterocycles. The number of aliphatic carboxylic acids is 1. The van der Waals surface area contributed by atoms with Crippen molar-refractivity contribution < 1.29 is 14.7 Å². The van der Waals surface area contributed by atoms with Gasteiger partial charge in [-0.2, -0.15) is 0 Å². The average Bonchev–Trinajstić information content (AvgIpc) is 2.03. The highest BCUT2D eigenvalue weighted by Gasteiger charge is 2.17. The van der Waals surface area contributed by atoms with Crippen molar-refractivity contribution in [3.63, 3.8) is 0 Å². The first-order valence-corrected chi connectivity index (χ1v) is 3.67. The molecule has 3 nitrogen and oxygen atoms in total. The van der Waals surface area contributed by atoms with Gasteiger partial charge in [-0.1, -0.05) is 11.6 Å². The van der Waals surface area contributed by atoms with Gasteiger partial charge in [-0.25, -0.2) is 4.79 Å². The lowest BCUT2D eigenvalue weighted by Crippen LogP contribution is -2.15. The molecule has 1 rings (SSSR count). The summed E-state index contributed by atoms with van der Waals surface area (Å²) in [5.41, 5.74) is 1.21. The summed E-state index contributed by atoms with van der Waals surface area (Å²) in [4.78, 5) is 21.2. The summed E-state index contributed by atoms with van der Waals surface area (Å²) < 4.78 is 0. The number of ketones is 1. The second-order valence-corrected chi connectivity index (χ2v) is 2.72. The number of Topliss-reactive ketones (excluding diaryl/α,β-unsaturated/α-hetero) is 1. The van der Waals surface area contributed by atoms with Crippen molar-refractivity contribution in [3.8, 4) is 0 Å². The number of hydrogen-bond acceptors (Lipinski definition) is 2. The maximum atomic E-state index is 10.9. The molecule has 0 atom stereocenters. The van der Waals surface area contributed by atoms with Gasteiger partial charge in [-0.3, -0.25) is 4.79 Å². The molecule has 12 heavy (non-hydrogen) atoms. The van der Waals surface area contributed by atoms with E-state index in [1.807, 2.05) is 6.92 Å². The van der Waals surface area contributed by atoms with Crippen molar-refractivity contribution in [2.24, 2.45) is 0 Å². The van der Waals surface area contributed by atoms with Crippen LogP contribution in [0, 0.1) is 6.08 Å². The second-order valence-electron chi connectivity index (χ2n) is 2.72. The molecular formula is C9H9O3. The van der Waals surface area contributed by atoms with E-state index in [-0.39, 0.29) is 5.57 Å². The molecule has 1 N–H and O–H groups in total. The molecule has 1 radical (unpaired) electrons. The van der Waals surface area contributed by atoms with Crippen LogP contribution in [0.15, 0.2) is 17.2 Å². The zero-order valence-corrected chi connectivity index (χ0v) is 6.76. The van der Waals surface area contributed by atoms with E-state index in [2.05, 4.69) is 6.08 Å². The summed E-state index contributed by atoms with van der Waals surface area (Å²) in [6, 6.07) is 0. The molecule has 63 valence electrons. The third-order valence-corrected chi connectivity index (χ3v) is 1.66. The van der Waals surface area contributed by atoms with Crippen molar-refractivity contribution in [2.45, 2.75) is 19.8 Å². The highest BCUT2D eigenvalue weighted by molar-refractivity contribution is 6.40. The fraction of sp³-hybridized carbons (Fsp3) is 0.333. The first-order chi connectivity index (χ1) is 5.61. The number of rotatable bonds is 2. The molecule has 0 aromatic rings. The van der Waals surface area contributed by atoms with Gasteiger partial charge >= 0.3 is 5.97 Å². The third-order valence-electron chi connectivity index (χ3n) is 1.66. The van der Waals surface area contributed by atoms with Crippen LogP contribution >= 0.6 is 0 Å². The molecule has 0 saturated carbocycles. The largest absolute Gasteiger partial charge is 0.475 e. The van der Waals surface area contributed by atoms with Crippen LogP contribution in [0.3, 0.4) is 0 Å². The fourth-order valence-electron chi connectivity index (χ4n) is 1.02. The van der Waals surface area contributed by atoms with Gasteiger partial charge in [0.2, 0.25) is 0 Å².